The molecule has 0 heterocycles. The maximum Gasteiger partial charge on any atom is 0.501 e. The van der Waals surface area contributed by atoms with Crippen LogP contribution in [0.15, 0.2) is 29.2 Å². The Kier molecular flexibility index (Phi) is 4.73. The van der Waals surface area contributed by atoms with Crippen molar-refractivity contribution in [3.05, 3.63) is 29.8 Å². The highest BCUT2D eigenvalue weighted by Crippen LogP contribution is 2.30. The molecule has 7 heteroatoms. The predicted molar refractivity (Wildman–Crippen MR) is 63.3 cm³/mol. The van der Waals surface area contributed by atoms with E-state index in [2.05, 4.69) is 0 Å². The molecule has 0 amide bonds. The second-order valence-electron chi connectivity index (χ2n) is 4.06. The number of rotatable bonds is 5. The van der Waals surface area contributed by atoms with E-state index in [1.54, 1.807) is 0 Å². The fraction of sp³-hybridized carbons (Fsp3) is 0.417. The van der Waals surface area contributed by atoms with E-state index < -0.39 is 20.2 Å². The van der Waals surface area contributed by atoms with Crippen LogP contribution in [0.4, 0.5) is 13.2 Å². The van der Waals surface area contributed by atoms with Crippen molar-refractivity contribution >= 4 is 15.6 Å². The van der Waals surface area contributed by atoms with Gasteiger partial charge in [0.05, 0.1) is 4.90 Å². The molecule has 0 aromatic heterocycles. The van der Waals surface area contributed by atoms with E-state index >= 15 is 0 Å². The van der Waals surface area contributed by atoms with E-state index in [0.29, 0.717) is 18.4 Å². The SMILES string of the molecule is CCCC(=O)Cc1ccc(S(=O)(=O)C(F)(F)F)cc1. The van der Waals surface area contributed by atoms with Crippen molar-refractivity contribution in [3.63, 3.8) is 0 Å². The van der Waals surface area contributed by atoms with Gasteiger partial charge in [-0.3, -0.25) is 4.79 Å². The Balaban J connectivity index is 2.92. The number of carbonyl (C=O) groups excluding carboxylic acids is 1. The van der Waals surface area contributed by atoms with Gasteiger partial charge in [-0.1, -0.05) is 19.1 Å². The smallest absolute Gasteiger partial charge is 0.299 e. The number of benzene rings is 1. The number of carbonyl (C=O) groups is 1. The Morgan fingerprint density at radius 3 is 2.11 bits per heavy atom. The fourth-order valence-electron chi connectivity index (χ4n) is 1.51. The minimum atomic E-state index is -5.32. The van der Waals surface area contributed by atoms with Crippen molar-refractivity contribution in [2.75, 3.05) is 0 Å². The van der Waals surface area contributed by atoms with E-state index in [1.165, 1.54) is 12.1 Å². The van der Waals surface area contributed by atoms with Gasteiger partial charge in [0.15, 0.2) is 0 Å². The lowest BCUT2D eigenvalue weighted by Crippen LogP contribution is -2.23. The van der Waals surface area contributed by atoms with Gasteiger partial charge in [0, 0.05) is 12.8 Å². The number of halogens is 3. The number of alkyl halides is 3. The summed E-state index contributed by atoms with van der Waals surface area (Å²) in [6.45, 7) is 1.84. The molecule has 0 bridgehead atoms. The molecule has 0 saturated heterocycles. The molecule has 0 aliphatic heterocycles. The van der Waals surface area contributed by atoms with Crippen molar-refractivity contribution in [3.8, 4) is 0 Å². The van der Waals surface area contributed by atoms with Crippen molar-refractivity contribution in [1.82, 2.24) is 0 Å². The molecule has 0 saturated carbocycles. The van der Waals surface area contributed by atoms with E-state index in [1.807, 2.05) is 6.92 Å². The largest absolute Gasteiger partial charge is 0.501 e. The molecule has 0 radical (unpaired) electrons. The van der Waals surface area contributed by atoms with Crippen LogP contribution in [0.1, 0.15) is 25.3 Å². The zero-order valence-corrected chi connectivity index (χ0v) is 11.0. The van der Waals surface area contributed by atoms with Crippen LogP contribution in [-0.2, 0) is 21.1 Å². The molecule has 0 unspecified atom stereocenters. The molecule has 0 spiro atoms. The molecule has 0 aliphatic carbocycles. The highest BCUT2D eigenvalue weighted by atomic mass is 32.2. The van der Waals surface area contributed by atoms with Crippen LogP contribution in [0.2, 0.25) is 0 Å². The fourth-order valence-corrected chi connectivity index (χ4v) is 2.28. The Hall–Kier alpha value is -1.37. The van der Waals surface area contributed by atoms with Gasteiger partial charge in [-0.05, 0) is 24.1 Å². The maximum atomic E-state index is 12.3. The van der Waals surface area contributed by atoms with Crippen molar-refractivity contribution < 1.29 is 26.4 Å². The maximum absolute atomic E-state index is 12.3. The summed E-state index contributed by atoms with van der Waals surface area (Å²) in [4.78, 5) is 10.5. The molecule has 0 atom stereocenters. The predicted octanol–water partition coefficient (Wildman–Crippen LogP) is 2.89. The number of hydrogen-bond donors (Lipinski definition) is 0. The molecule has 106 valence electrons. The first-order valence-electron chi connectivity index (χ1n) is 5.60. The molecule has 0 aliphatic rings. The molecule has 1 rings (SSSR count). The third kappa shape index (κ3) is 3.79. The molecule has 19 heavy (non-hydrogen) atoms. The van der Waals surface area contributed by atoms with Gasteiger partial charge in [-0.25, -0.2) is 8.42 Å². The lowest BCUT2D eigenvalue weighted by Gasteiger charge is -2.08. The van der Waals surface area contributed by atoms with Crippen LogP contribution in [0, 0.1) is 0 Å². The number of sulfone groups is 1. The van der Waals surface area contributed by atoms with Gasteiger partial charge in [0.2, 0.25) is 0 Å². The third-order valence-electron chi connectivity index (χ3n) is 2.47. The first kappa shape index (κ1) is 15.7. The lowest BCUT2D eigenvalue weighted by atomic mass is 10.1. The Morgan fingerprint density at radius 1 is 1.16 bits per heavy atom. The number of hydrogen-bond acceptors (Lipinski definition) is 3. The molecule has 1 aromatic carbocycles. The summed E-state index contributed by atoms with van der Waals surface area (Å²) < 4.78 is 59.1. The lowest BCUT2D eigenvalue weighted by molar-refractivity contribution is -0.118. The monoisotopic (exact) mass is 294 g/mol. The quantitative estimate of drug-likeness (QED) is 0.839. The van der Waals surface area contributed by atoms with E-state index in [4.69, 9.17) is 0 Å². The van der Waals surface area contributed by atoms with Crippen LogP contribution in [0.25, 0.3) is 0 Å². The number of Topliss-reactive ketones (excluding diaryl/α,β-unsaturated/α-hetero) is 1. The van der Waals surface area contributed by atoms with E-state index in [9.17, 15) is 26.4 Å². The average molecular weight is 294 g/mol. The van der Waals surface area contributed by atoms with E-state index in [-0.39, 0.29) is 12.2 Å². The van der Waals surface area contributed by atoms with Crippen LogP contribution in [0.3, 0.4) is 0 Å². The van der Waals surface area contributed by atoms with Crippen LogP contribution in [0.5, 0.6) is 0 Å². The van der Waals surface area contributed by atoms with Crippen molar-refractivity contribution in [2.24, 2.45) is 0 Å². The molecule has 1 aromatic rings. The summed E-state index contributed by atoms with van der Waals surface area (Å²) in [5.41, 5.74) is -4.81. The van der Waals surface area contributed by atoms with Crippen LogP contribution in [-0.4, -0.2) is 19.7 Å². The summed E-state index contributed by atoms with van der Waals surface area (Å²) in [5, 5.41) is 0. The van der Waals surface area contributed by atoms with Gasteiger partial charge in [-0.2, -0.15) is 13.2 Å². The Bertz CT molecular complexity index is 545. The van der Waals surface area contributed by atoms with Crippen LogP contribution < -0.4 is 0 Å². The molecular formula is C12H13F3O3S. The Labute approximate surface area is 109 Å². The van der Waals surface area contributed by atoms with Crippen molar-refractivity contribution in [2.45, 2.75) is 36.6 Å². The normalized spacial score (nSPS) is 12.4. The molecular weight excluding hydrogens is 281 g/mol. The standard InChI is InChI=1S/C12H13F3O3S/c1-2-3-10(16)8-9-4-6-11(7-5-9)19(17,18)12(13,14)15/h4-7H,2-3,8H2,1H3. The zero-order chi connectivity index (χ0) is 14.7. The first-order valence-corrected chi connectivity index (χ1v) is 7.08. The highest BCUT2D eigenvalue weighted by molar-refractivity contribution is 7.92. The van der Waals surface area contributed by atoms with Crippen molar-refractivity contribution in [1.29, 1.82) is 0 Å². The van der Waals surface area contributed by atoms with Gasteiger partial charge in [0.25, 0.3) is 9.84 Å². The molecule has 3 nitrogen and oxygen atoms in total. The highest BCUT2D eigenvalue weighted by Gasteiger charge is 2.46. The average Bonchev–Trinajstić information content (AvgIpc) is 2.28. The molecule has 0 fully saturated rings. The Morgan fingerprint density at radius 2 is 1.68 bits per heavy atom. The topological polar surface area (TPSA) is 51.2 Å². The number of ketones is 1. The summed E-state index contributed by atoms with van der Waals surface area (Å²) in [6, 6.07) is 4.20. The van der Waals surface area contributed by atoms with E-state index in [0.717, 1.165) is 12.1 Å². The summed E-state index contributed by atoms with van der Waals surface area (Å²) in [5.74, 6) is -0.0334. The summed E-state index contributed by atoms with van der Waals surface area (Å²) >= 11 is 0. The summed E-state index contributed by atoms with van der Waals surface area (Å²) in [6.07, 6.45) is 1.18. The zero-order valence-electron chi connectivity index (χ0n) is 10.2. The van der Waals surface area contributed by atoms with Gasteiger partial charge in [-0.15, -0.1) is 0 Å². The van der Waals surface area contributed by atoms with Gasteiger partial charge >= 0.3 is 5.51 Å². The summed E-state index contributed by atoms with van der Waals surface area (Å²) in [7, 11) is -5.32. The minimum Gasteiger partial charge on any atom is -0.299 e. The molecule has 0 N–H and O–H groups in total. The first-order chi connectivity index (χ1) is 8.68. The van der Waals surface area contributed by atoms with Gasteiger partial charge < -0.3 is 0 Å². The second kappa shape index (κ2) is 5.73. The third-order valence-corrected chi connectivity index (χ3v) is 3.97. The van der Waals surface area contributed by atoms with Gasteiger partial charge in [0.1, 0.15) is 5.78 Å². The second-order valence-corrected chi connectivity index (χ2v) is 6.00. The van der Waals surface area contributed by atoms with Crippen LogP contribution >= 0.6 is 0 Å². The minimum absolute atomic E-state index is 0.0334.